The van der Waals surface area contributed by atoms with Crippen LogP contribution in [0.15, 0.2) is 57.9 Å². The van der Waals surface area contributed by atoms with Crippen molar-refractivity contribution in [2.45, 2.75) is 13.3 Å². The van der Waals surface area contributed by atoms with E-state index in [1.807, 2.05) is 6.92 Å². The molecule has 6 nitrogen and oxygen atoms in total. The molecule has 0 aliphatic rings. The van der Waals surface area contributed by atoms with Gasteiger partial charge in [0.05, 0.1) is 0 Å². The minimum atomic E-state index is -0.929. The predicted octanol–water partition coefficient (Wildman–Crippen LogP) is 4.29. The lowest BCUT2D eigenvalue weighted by Gasteiger charge is -2.11. The Kier molecular flexibility index (Phi) is 4.91. The maximum Gasteiger partial charge on any atom is 0.421 e. The van der Waals surface area contributed by atoms with Crippen LogP contribution < -0.4 is 11.1 Å². The number of aromatic nitrogens is 2. The van der Waals surface area contributed by atoms with E-state index in [-0.39, 0.29) is 5.71 Å². The van der Waals surface area contributed by atoms with Gasteiger partial charge in [-0.05, 0) is 41.8 Å². The molecule has 0 fully saturated rings. The number of carbonyl (C=O) groups excluding carboxylic acids is 1. The number of nitrogens with one attached hydrogen (secondary N) is 1. The number of fused-ring (bicyclic) bond motifs is 1. The van der Waals surface area contributed by atoms with Crippen molar-refractivity contribution in [2.24, 2.45) is 7.05 Å². The topological polar surface area (TPSA) is 77.1 Å². The molecule has 2 heterocycles. The molecule has 30 heavy (non-hydrogen) atoms. The largest absolute Gasteiger partial charge is 0.421 e. The number of carbonyl (C=O) groups is 1. The quantitative estimate of drug-likeness (QED) is 0.546. The van der Waals surface area contributed by atoms with Gasteiger partial charge in [0.2, 0.25) is 5.71 Å². The first kappa shape index (κ1) is 19.5. The summed E-state index contributed by atoms with van der Waals surface area (Å²) in [5.74, 6) is -3.21. The minimum absolute atomic E-state index is 0.277. The number of aryl methyl sites for hydroxylation is 2. The summed E-state index contributed by atoms with van der Waals surface area (Å²) >= 11 is 0. The number of nitrogens with zero attached hydrogens (tertiary/aromatic N) is 2. The van der Waals surface area contributed by atoms with Gasteiger partial charge >= 0.3 is 5.76 Å². The number of benzene rings is 2. The Bertz CT molecular complexity index is 1300. The zero-order chi connectivity index (χ0) is 21.4. The van der Waals surface area contributed by atoms with Crippen molar-refractivity contribution in [1.82, 2.24) is 9.55 Å². The highest BCUT2D eigenvalue weighted by atomic mass is 19.1. The molecule has 4 rings (SSSR count). The van der Waals surface area contributed by atoms with Gasteiger partial charge in [0.15, 0.2) is 0 Å². The fourth-order valence-electron chi connectivity index (χ4n) is 3.43. The third kappa shape index (κ3) is 3.26. The first-order valence-electron chi connectivity index (χ1n) is 9.24. The van der Waals surface area contributed by atoms with Crippen molar-refractivity contribution >= 4 is 22.8 Å². The number of pyridine rings is 1. The Hall–Kier alpha value is -3.81. The Morgan fingerprint density at radius 2 is 1.80 bits per heavy atom. The zero-order valence-electron chi connectivity index (χ0n) is 16.2. The molecule has 0 aliphatic heterocycles. The van der Waals surface area contributed by atoms with Crippen molar-refractivity contribution < 1.29 is 18.0 Å². The van der Waals surface area contributed by atoms with E-state index in [0.29, 0.717) is 17.6 Å². The molecule has 152 valence electrons. The van der Waals surface area contributed by atoms with E-state index in [4.69, 9.17) is 4.42 Å². The van der Waals surface area contributed by atoms with Crippen molar-refractivity contribution in [3.05, 3.63) is 82.0 Å². The molecule has 0 saturated heterocycles. The van der Waals surface area contributed by atoms with Crippen LogP contribution in [0.2, 0.25) is 0 Å². The van der Waals surface area contributed by atoms with Gasteiger partial charge in [0.1, 0.15) is 22.7 Å². The van der Waals surface area contributed by atoms with Crippen LogP contribution in [-0.4, -0.2) is 15.5 Å². The third-order valence-electron chi connectivity index (χ3n) is 4.91. The van der Waals surface area contributed by atoms with Crippen LogP contribution >= 0.6 is 0 Å². The molecule has 0 unspecified atom stereocenters. The number of rotatable bonds is 4. The Labute approximate surface area is 169 Å². The van der Waals surface area contributed by atoms with Gasteiger partial charge in [0.25, 0.3) is 5.91 Å². The summed E-state index contributed by atoms with van der Waals surface area (Å²) in [4.78, 5) is 28.3. The minimum Gasteiger partial charge on any atom is -0.389 e. The van der Waals surface area contributed by atoms with Crippen LogP contribution in [0.3, 0.4) is 0 Å². The van der Waals surface area contributed by atoms with Gasteiger partial charge in [-0.2, -0.15) is 0 Å². The number of halogens is 2. The van der Waals surface area contributed by atoms with Gasteiger partial charge in [-0.15, -0.1) is 0 Å². The maximum atomic E-state index is 13.8. The summed E-state index contributed by atoms with van der Waals surface area (Å²) in [6.07, 6.45) is 2.28. The van der Waals surface area contributed by atoms with Crippen molar-refractivity contribution in [2.75, 3.05) is 5.32 Å². The molecule has 0 radical (unpaired) electrons. The van der Waals surface area contributed by atoms with Crippen LogP contribution in [0.1, 0.15) is 22.8 Å². The van der Waals surface area contributed by atoms with E-state index < -0.39 is 28.9 Å². The zero-order valence-corrected chi connectivity index (χ0v) is 16.2. The number of hydrogen-bond donors (Lipinski definition) is 1. The van der Waals surface area contributed by atoms with Gasteiger partial charge in [-0.25, -0.2) is 18.6 Å². The molecule has 0 aliphatic carbocycles. The smallest absolute Gasteiger partial charge is 0.389 e. The van der Waals surface area contributed by atoms with E-state index >= 15 is 0 Å². The lowest BCUT2D eigenvalue weighted by molar-refractivity contribution is 0.101. The summed E-state index contributed by atoms with van der Waals surface area (Å²) < 4.78 is 34.2. The lowest BCUT2D eigenvalue weighted by atomic mass is 9.99. The average Bonchev–Trinajstić information content (AvgIpc) is 3.02. The summed E-state index contributed by atoms with van der Waals surface area (Å²) in [6, 6.07) is 10.0. The Balaban J connectivity index is 1.67. The van der Waals surface area contributed by atoms with E-state index in [2.05, 4.69) is 10.3 Å². The van der Waals surface area contributed by atoms with Crippen molar-refractivity contribution in [1.29, 1.82) is 0 Å². The normalized spacial score (nSPS) is 11.1. The van der Waals surface area contributed by atoms with Crippen LogP contribution in [0.5, 0.6) is 0 Å². The highest BCUT2D eigenvalue weighted by molar-refractivity contribution is 6.04. The molecule has 2 aromatic heterocycles. The monoisotopic (exact) mass is 409 g/mol. The van der Waals surface area contributed by atoms with Gasteiger partial charge in [-0.3, -0.25) is 9.36 Å². The second-order valence-corrected chi connectivity index (χ2v) is 6.71. The molecule has 4 aromatic rings. The molecule has 8 heteroatoms. The summed E-state index contributed by atoms with van der Waals surface area (Å²) in [5, 5.41) is 2.49. The highest BCUT2D eigenvalue weighted by Crippen LogP contribution is 2.30. The average molecular weight is 409 g/mol. The second kappa shape index (κ2) is 7.55. The van der Waals surface area contributed by atoms with E-state index in [0.717, 1.165) is 28.8 Å². The molecule has 0 saturated carbocycles. The van der Waals surface area contributed by atoms with Gasteiger partial charge < -0.3 is 9.73 Å². The van der Waals surface area contributed by atoms with Crippen molar-refractivity contribution in [3.63, 3.8) is 0 Å². The first-order valence-corrected chi connectivity index (χ1v) is 9.24. The summed E-state index contributed by atoms with van der Waals surface area (Å²) in [5.41, 5.74) is 3.19. The molecule has 0 atom stereocenters. The third-order valence-corrected chi connectivity index (χ3v) is 4.91. The summed E-state index contributed by atoms with van der Waals surface area (Å²) in [6.45, 7) is 1.97. The van der Waals surface area contributed by atoms with Gasteiger partial charge in [-0.1, -0.05) is 25.1 Å². The van der Waals surface area contributed by atoms with E-state index in [1.165, 1.54) is 10.6 Å². The molecule has 0 bridgehead atoms. The standard InChI is InChI=1S/C22H17F2N3O3/c1-3-14-15(11-25-21-19(14)27(2)22(29)30-21)12-7-9-13(10-8-12)26-20(28)18-16(23)5-4-6-17(18)24/h4-11H,3H2,1-2H3,(H,26,28). The van der Waals surface area contributed by atoms with Crippen molar-refractivity contribution in [3.8, 4) is 11.1 Å². The number of hydrogen-bond acceptors (Lipinski definition) is 4. The van der Waals surface area contributed by atoms with E-state index in [1.54, 1.807) is 37.5 Å². The van der Waals surface area contributed by atoms with Crippen LogP contribution in [0.4, 0.5) is 14.5 Å². The van der Waals surface area contributed by atoms with Crippen LogP contribution in [-0.2, 0) is 13.5 Å². The van der Waals surface area contributed by atoms with Crippen LogP contribution in [0.25, 0.3) is 22.4 Å². The number of amides is 1. The lowest BCUT2D eigenvalue weighted by Crippen LogP contribution is -2.15. The molecule has 0 spiro atoms. The molecular weight excluding hydrogens is 392 g/mol. The fourth-order valence-corrected chi connectivity index (χ4v) is 3.43. The molecular formula is C22H17F2N3O3. The second-order valence-electron chi connectivity index (χ2n) is 6.71. The fraction of sp³-hybridized carbons (Fsp3) is 0.136. The van der Waals surface area contributed by atoms with Gasteiger partial charge in [0, 0.05) is 24.5 Å². The molecule has 1 N–H and O–H groups in total. The Morgan fingerprint density at radius 1 is 1.13 bits per heavy atom. The molecule has 1 amide bonds. The SMILES string of the molecule is CCc1c(-c2ccc(NC(=O)c3c(F)cccc3F)cc2)cnc2oc(=O)n(C)c12. The predicted molar refractivity (Wildman–Crippen MR) is 108 cm³/mol. The number of oxazole rings is 1. The molecule has 2 aromatic carbocycles. The van der Waals surface area contributed by atoms with Crippen LogP contribution in [0, 0.1) is 11.6 Å². The Morgan fingerprint density at radius 3 is 2.43 bits per heavy atom. The first-order chi connectivity index (χ1) is 14.4. The number of anilines is 1. The summed E-state index contributed by atoms with van der Waals surface area (Å²) in [7, 11) is 1.62. The van der Waals surface area contributed by atoms with E-state index in [9.17, 15) is 18.4 Å². The highest BCUT2D eigenvalue weighted by Gasteiger charge is 2.18. The maximum absolute atomic E-state index is 13.8.